The van der Waals surface area contributed by atoms with Crippen LogP contribution < -0.4 is 37.6 Å². The number of hydrogen-bond acceptors (Lipinski definition) is 13. The number of benzene rings is 1. The second-order valence-corrected chi connectivity index (χ2v) is 12.5. The van der Waals surface area contributed by atoms with E-state index < -0.39 is 127 Å². The quantitative estimate of drug-likeness (QED) is 0.0525. The van der Waals surface area contributed by atoms with Crippen LogP contribution >= 0.6 is 0 Å². The number of aliphatic hydroxyl groups excluding tert-OH is 4. The van der Waals surface area contributed by atoms with Crippen LogP contribution in [-0.2, 0) is 44.8 Å². The predicted molar refractivity (Wildman–Crippen MR) is 182 cm³/mol. The number of nitrogens with one attached hydrogen (secondary N) is 6. The van der Waals surface area contributed by atoms with E-state index in [1.54, 1.807) is 30.3 Å². The molecule has 21 heteroatoms. The zero-order valence-corrected chi connectivity index (χ0v) is 29.5. The second-order valence-electron chi connectivity index (χ2n) is 12.5. The number of carboxylic acid groups (broad SMARTS) is 2. The molecular weight excluding hydrogens is 706 g/mol. The van der Waals surface area contributed by atoms with Gasteiger partial charge in [0.05, 0.1) is 31.8 Å². The maximum Gasteiger partial charge on any atom is 0.328 e. The number of aliphatic hydroxyl groups is 4. The van der Waals surface area contributed by atoms with Crippen molar-refractivity contribution in [2.24, 2.45) is 11.7 Å². The Hall–Kier alpha value is -5.22. The van der Waals surface area contributed by atoms with Gasteiger partial charge < -0.3 is 68.3 Å². The molecule has 0 aromatic heterocycles. The number of carboxylic acids is 2. The summed E-state index contributed by atoms with van der Waals surface area (Å²) in [5, 5.41) is 70.8. The van der Waals surface area contributed by atoms with E-state index in [0.717, 1.165) is 6.92 Å². The van der Waals surface area contributed by atoms with Crippen molar-refractivity contribution in [3.63, 3.8) is 0 Å². The molecule has 0 saturated carbocycles. The molecule has 0 aliphatic carbocycles. The maximum absolute atomic E-state index is 13.4. The molecule has 0 radical (unpaired) electrons. The number of nitrogens with two attached hydrogens (primary N) is 1. The Bertz CT molecular complexity index is 1440. The average Bonchev–Trinajstić information content (AvgIpc) is 3.08. The summed E-state index contributed by atoms with van der Waals surface area (Å²) in [6, 6.07) is -3.26. The predicted octanol–water partition coefficient (Wildman–Crippen LogP) is -5.57. The summed E-state index contributed by atoms with van der Waals surface area (Å²) in [6.45, 7) is 3.18. The van der Waals surface area contributed by atoms with Gasteiger partial charge in [0.15, 0.2) is 0 Å². The van der Waals surface area contributed by atoms with Gasteiger partial charge in [0.1, 0.15) is 42.3 Å². The summed E-state index contributed by atoms with van der Waals surface area (Å²) in [7, 11) is 0. The standard InChI is InChI=1S/C32H49N7O14/c1-14(2)24(30(50)37-21(13-41)32(52)53)38-27(47)19(11-22(44)45)34-28(48)20(12-40)36-31(51)25(16(4)43)39-26(46)18(10-17-8-6-5-7-9-17)35-29(49)23(33)15(3)42/h5-9,14-16,18-21,23-25,40-43H,10-13,33H2,1-4H3,(H,34,48)(H,35,49)(H,36,51)(H,37,50)(H,38,47)(H,39,46)(H,44,45)(H,52,53)/t15-,16-,18+,19+,20+,21+,23+,24+,25+/m1/s1. The van der Waals surface area contributed by atoms with Gasteiger partial charge in [-0.2, -0.15) is 0 Å². The number of rotatable bonds is 22. The average molecular weight is 756 g/mol. The monoisotopic (exact) mass is 755 g/mol. The first-order valence-corrected chi connectivity index (χ1v) is 16.4. The Labute approximate surface area is 304 Å². The number of carbonyl (C=O) groups is 8. The minimum atomic E-state index is -1.91. The van der Waals surface area contributed by atoms with Crippen LogP contribution in [0.15, 0.2) is 30.3 Å². The number of aliphatic carboxylic acids is 2. The van der Waals surface area contributed by atoms with Gasteiger partial charge in [-0.3, -0.25) is 33.6 Å². The van der Waals surface area contributed by atoms with Crippen LogP contribution in [0.5, 0.6) is 0 Å². The molecule has 0 aliphatic rings. The van der Waals surface area contributed by atoms with Crippen LogP contribution in [0.2, 0.25) is 0 Å². The van der Waals surface area contributed by atoms with Crippen LogP contribution in [0, 0.1) is 5.92 Å². The third-order valence-corrected chi connectivity index (χ3v) is 7.67. The first kappa shape index (κ1) is 45.8. The SMILES string of the molecule is CC(C)[C@H](NC(=O)[C@H](CC(=O)O)NC(=O)[C@H](CO)NC(=O)[C@@H](NC(=O)[C@H](Cc1ccccc1)NC(=O)[C@@H](N)[C@@H](C)O)[C@@H](C)O)C(=O)N[C@@H](CO)C(=O)O. The summed E-state index contributed by atoms with van der Waals surface area (Å²) < 4.78 is 0. The summed E-state index contributed by atoms with van der Waals surface area (Å²) in [6.07, 6.45) is -4.09. The van der Waals surface area contributed by atoms with Gasteiger partial charge in [-0.05, 0) is 25.3 Å². The third kappa shape index (κ3) is 15.1. The zero-order valence-electron chi connectivity index (χ0n) is 29.5. The molecule has 0 spiro atoms. The topological polar surface area (TPSA) is 356 Å². The van der Waals surface area contributed by atoms with Crippen LogP contribution in [0.3, 0.4) is 0 Å². The third-order valence-electron chi connectivity index (χ3n) is 7.67. The molecule has 296 valence electrons. The van der Waals surface area contributed by atoms with Gasteiger partial charge in [-0.25, -0.2) is 4.79 Å². The highest BCUT2D eigenvalue weighted by molar-refractivity contribution is 5.98. The van der Waals surface area contributed by atoms with E-state index in [1.165, 1.54) is 20.8 Å². The van der Waals surface area contributed by atoms with Crippen molar-refractivity contribution >= 4 is 47.4 Å². The Morgan fingerprint density at radius 1 is 0.585 bits per heavy atom. The second kappa shape index (κ2) is 22.0. The maximum atomic E-state index is 13.4. The summed E-state index contributed by atoms with van der Waals surface area (Å²) in [4.78, 5) is 101. The summed E-state index contributed by atoms with van der Waals surface area (Å²) >= 11 is 0. The number of carbonyl (C=O) groups excluding carboxylic acids is 6. The van der Waals surface area contributed by atoms with Crippen molar-refractivity contribution in [3.8, 4) is 0 Å². The van der Waals surface area contributed by atoms with Crippen molar-refractivity contribution in [1.82, 2.24) is 31.9 Å². The molecule has 14 N–H and O–H groups in total. The van der Waals surface area contributed by atoms with Crippen LogP contribution in [0.1, 0.15) is 39.7 Å². The molecule has 0 fully saturated rings. The molecule has 0 bridgehead atoms. The molecule has 0 aliphatic heterocycles. The van der Waals surface area contributed by atoms with E-state index in [1.807, 2.05) is 5.32 Å². The van der Waals surface area contributed by atoms with Crippen molar-refractivity contribution in [1.29, 1.82) is 0 Å². The molecule has 6 amide bonds. The first-order chi connectivity index (χ1) is 24.7. The van der Waals surface area contributed by atoms with Crippen LogP contribution in [0.4, 0.5) is 0 Å². The van der Waals surface area contributed by atoms with E-state index in [2.05, 4.69) is 26.6 Å². The van der Waals surface area contributed by atoms with Gasteiger partial charge in [-0.15, -0.1) is 0 Å². The van der Waals surface area contributed by atoms with E-state index in [9.17, 15) is 63.9 Å². The Morgan fingerprint density at radius 3 is 1.51 bits per heavy atom. The lowest BCUT2D eigenvalue weighted by Crippen LogP contribution is -2.62. The molecule has 53 heavy (non-hydrogen) atoms. The number of amides is 6. The Kier molecular flexibility index (Phi) is 19.0. The molecule has 21 nitrogen and oxygen atoms in total. The minimum absolute atomic E-state index is 0.116. The van der Waals surface area contributed by atoms with E-state index >= 15 is 0 Å². The summed E-state index contributed by atoms with van der Waals surface area (Å²) in [5.74, 6) is -10.5. The highest BCUT2D eigenvalue weighted by atomic mass is 16.4. The Morgan fingerprint density at radius 2 is 1.04 bits per heavy atom. The molecule has 1 aromatic rings. The fourth-order valence-electron chi connectivity index (χ4n) is 4.55. The van der Waals surface area contributed by atoms with Crippen molar-refractivity contribution in [2.45, 2.75) is 95.0 Å². The summed E-state index contributed by atoms with van der Waals surface area (Å²) in [5.41, 5.74) is 6.27. The van der Waals surface area contributed by atoms with Crippen molar-refractivity contribution in [3.05, 3.63) is 35.9 Å². The highest BCUT2D eigenvalue weighted by Gasteiger charge is 2.36. The zero-order chi connectivity index (χ0) is 40.6. The van der Waals surface area contributed by atoms with E-state index in [-0.39, 0.29) is 6.42 Å². The minimum Gasteiger partial charge on any atom is -0.481 e. The van der Waals surface area contributed by atoms with Gasteiger partial charge in [0.2, 0.25) is 35.4 Å². The molecule has 0 saturated heterocycles. The smallest absolute Gasteiger partial charge is 0.328 e. The van der Waals surface area contributed by atoms with Gasteiger partial charge in [0.25, 0.3) is 0 Å². The van der Waals surface area contributed by atoms with Gasteiger partial charge in [0, 0.05) is 6.42 Å². The lowest BCUT2D eigenvalue weighted by Gasteiger charge is -2.28. The van der Waals surface area contributed by atoms with Gasteiger partial charge >= 0.3 is 11.9 Å². The molecule has 9 atom stereocenters. The lowest BCUT2D eigenvalue weighted by atomic mass is 10.0. The molecular formula is C32H49N7O14. The first-order valence-electron chi connectivity index (χ1n) is 16.4. The van der Waals surface area contributed by atoms with Crippen LogP contribution in [0.25, 0.3) is 0 Å². The van der Waals surface area contributed by atoms with Crippen molar-refractivity contribution in [2.75, 3.05) is 13.2 Å². The Balaban J connectivity index is 3.19. The van der Waals surface area contributed by atoms with Crippen LogP contribution in [-0.4, -0.2) is 146 Å². The highest BCUT2D eigenvalue weighted by Crippen LogP contribution is 2.08. The molecule has 0 heterocycles. The van der Waals surface area contributed by atoms with E-state index in [0.29, 0.717) is 5.56 Å². The molecule has 0 unspecified atom stereocenters. The van der Waals surface area contributed by atoms with Gasteiger partial charge in [-0.1, -0.05) is 44.2 Å². The number of hydrogen-bond donors (Lipinski definition) is 13. The fourth-order valence-corrected chi connectivity index (χ4v) is 4.55. The molecule has 1 aromatic carbocycles. The molecule has 1 rings (SSSR count). The lowest BCUT2D eigenvalue weighted by molar-refractivity contribution is -0.144. The fraction of sp³-hybridized carbons (Fsp3) is 0.562. The van der Waals surface area contributed by atoms with Crippen molar-refractivity contribution < 1.29 is 69.0 Å². The normalized spacial score (nSPS) is 16.2. The largest absolute Gasteiger partial charge is 0.481 e. The van der Waals surface area contributed by atoms with E-state index in [4.69, 9.17) is 10.8 Å².